The number of aliphatic hydroxyl groups is 1. The number of rotatable bonds is 6. The van der Waals surface area contributed by atoms with Gasteiger partial charge in [-0.3, -0.25) is 14.5 Å². The number of ketones is 1. The highest BCUT2D eigenvalue weighted by atomic mass is 79.9. The van der Waals surface area contributed by atoms with E-state index in [2.05, 4.69) is 55.4 Å². The van der Waals surface area contributed by atoms with Crippen LogP contribution in [-0.4, -0.2) is 36.4 Å². The Morgan fingerprint density at radius 2 is 1.83 bits per heavy atom. The summed E-state index contributed by atoms with van der Waals surface area (Å²) in [6, 6.07) is 18.5. The predicted octanol–water partition coefficient (Wildman–Crippen LogP) is 6.79. The summed E-state index contributed by atoms with van der Waals surface area (Å²) in [5.74, 6) is -1.21. The number of fused-ring (bicyclic) bond motifs is 1. The van der Waals surface area contributed by atoms with Gasteiger partial charge in [0.2, 0.25) is 5.13 Å². The molecule has 11 heteroatoms. The van der Waals surface area contributed by atoms with Crippen molar-refractivity contribution in [3.63, 3.8) is 0 Å². The molecule has 1 atom stereocenters. The standard InChI is InChI=1S/C30H24BrN5O3S2/c1-16-9-11-19(12-10-16)15-40-30-34-33-29(41-30)36-24(20-7-4-8-21(31)14-20)22(26(38)28(36)39)25(37)23-18(3)35-13-5-6-17(2)27(35)32-23/h4-14,24,37H,15H2,1-3H3. The van der Waals surface area contributed by atoms with Gasteiger partial charge in [0, 0.05) is 16.4 Å². The predicted molar refractivity (Wildman–Crippen MR) is 164 cm³/mol. The Balaban J connectivity index is 1.43. The molecule has 6 rings (SSSR count). The molecule has 1 N–H and O–H groups in total. The SMILES string of the molecule is Cc1ccc(CSc2nnc(N3C(=O)C(=O)C(=C(O)c4nc5c(C)cccn5c4C)C3c3cccc(Br)c3)s2)cc1. The van der Waals surface area contributed by atoms with Gasteiger partial charge in [0.05, 0.1) is 17.3 Å². The number of anilines is 1. The molecule has 2 aromatic carbocycles. The van der Waals surface area contributed by atoms with E-state index in [0.29, 0.717) is 27.0 Å². The van der Waals surface area contributed by atoms with Crippen LogP contribution in [0, 0.1) is 20.8 Å². The third-order valence-corrected chi connectivity index (χ3v) is 9.62. The molecule has 3 aromatic heterocycles. The van der Waals surface area contributed by atoms with E-state index in [1.807, 2.05) is 67.8 Å². The van der Waals surface area contributed by atoms with Crippen molar-refractivity contribution in [2.24, 2.45) is 0 Å². The molecule has 1 fully saturated rings. The molecule has 41 heavy (non-hydrogen) atoms. The quantitative estimate of drug-likeness (QED) is 0.0713. The molecule has 1 unspecified atom stereocenters. The van der Waals surface area contributed by atoms with E-state index in [0.717, 1.165) is 15.6 Å². The van der Waals surface area contributed by atoms with Gasteiger partial charge in [-0.2, -0.15) is 0 Å². The summed E-state index contributed by atoms with van der Waals surface area (Å²) in [5.41, 5.74) is 5.43. The third-order valence-electron chi connectivity index (χ3n) is 7.00. The molecule has 5 aromatic rings. The lowest BCUT2D eigenvalue weighted by molar-refractivity contribution is -0.132. The lowest BCUT2D eigenvalue weighted by Crippen LogP contribution is -2.29. The van der Waals surface area contributed by atoms with Crippen molar-refractivity contribution in [3.8, 4) is 0 Å². The van der Waals surface area contributed by atoms with Gasteiger partial charge in [-0.25, -0.2) is 4.98 Å². The summed E-state index contributed by atoms with van der Waals surface area (Å²) < 4.78 is 3.30. The van der Waals surface area contributed by atoms with Crippen molar-refractivity contribution in [3.05, 3.63) is 111 Å². The first kappa shape index (κ1) is 27.4. The molecule has 1 aliphatic heterocycles. The van der Waals surface area contributed by atoms with E-state index in [1.165, 1.54) is 33.6 Å². The first-order valence-electron chi connectivity index (χ1n) is 12.8. The van der Waals surface area contributed by atoms with Crippen LogP contribution < -0.4 is 4.90 Å². The normalized spacial score (nSPS) is 16.7. The van der Waals surface area contributed by atoms with Gasteiger partial charge < -0.3 is 9.51 Å². The minimum absolute atomic E-state index is 0.0404. The number of carbonyl (C=O) groups is 2. The van der Waals surface area contributed by atoms with Crippen LogP contribution in [0.15, 0.2) is 81.2 Å². The fourth-order valence-corrected chi connectivity index (χ4v) is 7.12. The number of amides is 1. The lowest BCUT2D eigenvalue weighted by Gasteiger charge is -2.22. The molecule has 0 radical (unpaired) electrons. The summed E-state index contributed by atoms with van der Waals surface area (Å²) in [6.45, 7) is 5.79. The van der Waals surface area contributed by atoms with Crippen molar-refractivity contribution < 1.29 is 14.7 Å². The number of imidazole rings is 1. The fraction of sp³-hybridized carbons (Fsp3) is 0.167. The minimum Gasteiger partial charge on any atom is -0.505 e. The van der Waals surface area contributed by atoms with E-state index in [1.54, 1.807) is 0 Å². The number of benzene rings is 2. The first-order valence-corrected chi connectivity index (χ1v) is 15.4. The number of carbonyl (C=O) groups excluding carboxylic acids is 2. The average Bonchev–Trinajstić information content (AvgIpc) is 3.63. The van der Waals surface area contributed by atoms with Crippen LogP contribution in [0.2, 0.25) is 0 Å². The van der Waals surface area contributed by atoms with Crippen molar-refractivity contribution in [2.75, 3.05) is 4.90 Å². The zero-order valence-electron chi connectivity index (χ0n) is 22.3. The minimum atomic E-state index is -0.916. The summed E-state index contributed by atoms with van der Waals surface area (Å²) in [4.78, 5) is 33.2. The number of pyridine rings is 1. The Kier molecular flexibility index (Phi) is 7.27. The Hall–Kier alpha value is -3.80. The van der Waals surface area contributed by atoms with Crippen LogP contribution in [0.25, 0.3) is 11.4 Å². The maximum absolute atomic E-state index is 13.6. The monoisotopic (exact) mass is 645 g/mol. The van der Waals surface area contributed by atoms with Crippen molar-refractivity contribution in [1.29, 1.82) is 0 Å². The molecule has 1 amide bonds. The van der Waals surface area contributed by atoms with Crippen LogP contribution in [0.5, 0.6) is 0 Å². The number of nitrogens with zero attached hydrogens (tertiary/aromatic N) is 5. The molecule has 0 aliphatic carbocycles. The van der Waals surface area contributed by atoms with Crippen molar-refractivity contribution in [1.82, 2.24) is 19.6 Å². The molecular weight excluding hydrogens is 622 g/mol. The lowest BCUT2D eigenvalue weighted by atomic mass is 9.96. The van der Waals surface area contributed by atoms with Crippen molar-refractivity contribution >= 4 is 67.3 Å². The maximum Gasteiger partial charge on any atom is 0.301 e. The summed E-state index contributed by atoms with van der Waals surface area (Å²) in [5, 5.41) is 20.5. The van der Waals surface area contributed by atoms with Crippen LogP contribution in [0.3, 0.4) is 0 Å². The van der Waals surface area contributed by atoms with Crippen molar-refractivity contribution in [2.45, 2.75) is 36.9 Å². The largest absolute Gasteiger partial charge is 0.505 e. The number of Topliss-reactive ketones (excluding diaryl/α,β-unsaturated/α-hetero) is 1. The summed E-state index contributed by atoms with van der Waals surface area (Å²) in [7, 11) is 0. The van der Waals surface area contributed by atoms with E-state index in [4.69, 9.17) is 0 Å². The van der Waals surface area contributed by atoms with Gasteiger partial charge in [0.25, 0.3) is 5.78 Å². The second-order valence-corrected chi connectivity index (χ2v) is 12.9. The highest BCUT2D eigenvalue weighted by Crippen LogP contribution is 2.44. The topological polar surface area (TPSA) is 101 Å². The van der Waals surface area contributed by atoms with Gasteiger partial charge in [-0.05, 0) is 55.7 Å². The van der Waals surface area contributed by atoms with E-state index >= 15 is 0 Å². The third kappa shape index (κ3) is 4.98. The average molecular weight is 647 g/mol. The number of hydrogen-bond donors (Lipinski definition) is 1. The molecular formula is C30H24BrN5O3S2. The van der Waals surface area contributed by atoms with Crippen LogP contribution in [0.4, 0.5) is 5.13 Å². The summed E-state index contributed by atoms with van der Waals surface area (Å²) >= 11 is 6.25. The number of aryl methyl sites for hydroxylation is 3. The molecule has 206 valence electrons. The molecule has 1 saturated heterocycles. The molecule has 0 saturated carbocycles. The van der Waals surface area contributed by atoms with Crippen LogP contribution in [0.1, 0.15) is 39.7 Å². The second kappa shape index (κ2) is 10.9. The zero-order valence-corrected chi connectivity index (χ0v) is 25.5. The zero-order chi connectivity index (χ0) is 28.8. The Morgan fingerprint density at radius 3 is 2.56 bits per heavy atom. The number of aromatic nitrogens is 4. The van der Waals surface area contributed by atoms with Crippen LogP contribution in [-0.2, 0) is 15.3 Å². The molecule has 1 aliphatic rings. The van der Waals surface area contributed by atoms with Gasteiger partial charge in [0.15, 0.2) is 10.1 Å². The highest BCUT2D eigenvalue weighted by Gasteiger charge is 2.49. The number of halogens is 1. The maximum atomic E-state index is 13.6. The van der Waals surface area contributed by atoms with E-state index in [-0.39, 0.29) is 22.2 Å². The number of thioether (sulfide) groups is 1. The smallest absolute Gasteiger partial charge is 0.301 e. The Labute approximate surface area is 252 Å². The molecule has 0 spiro atoms. The van der Waals surface area contributed by atoms with Gasteiger partial charge >= 0.3 is 5.91 Å². The summed E-state index contributed by atoms with van der Waals surface area (Å²) in [6.07, 6.45) is 1.85. The van der Waals surface area contributed by atoms with Gasteiger partial charge in [0.1, 0.15) is 11.3 Å². The number of aliphatic hydroxyl groups excluding tert-OH is 1. The first-order chi connectivity index (χ1) is 19.7. The number of hydrogen-bond acceptors (Lipinski definition) is 8. The molecule has 8 nitrogen and oxygen atoms in total. The Morgan fingerprint density at radius 1 is 1.05 bits per heavy atom. The van der Waals surface area contributed by atoms with Gasteiger partial charge in [-0.1, -0.05) is 87.1 Å². The highest BCUT2D eigenvalue weighted by molar-refractivity contribution is 9.10. The van der Waals surface area contributed by atoms with Gasteiger partial charge in [-0.15, -0.1) is 10.2 Å². The molecule has 4 heterocycles. The molecule has 0 bridgehead atoms. The van der Waals surface area contributed by atoms with E-state index < -0.39 is 17.7 Å². The fourth-order valence-electron chi connectivity index (χ4n) is 4.88. The Bertz CT molecular complexity index is 1860. The van der Waals surface area contributed by atoms with E-state index in [9.17, 15) is 14.7 Å². The second-order valence-electron chi connectivity index (χ2n) is 9.78. The van der Waals surface area contributed by atoms with Crippen LogP contribution >= 0.6 is 39.0 Å².